The lowest BCUT2D eigenvalue weighted by atomic mass is 9.52. The highest BCUT2D eigenvalue weighted by Gasteiger charge is 2.56. The van der Waals surface area contributed by atoms with Crippen LogP contribution in [0.3, 0.4) is 0 Å². The van der Waals surface area contributed by atoms with Gasteiger partial charge in [0.1, 0.15) is 0 Å². The standard InChI is InChI=1S/C11H19NO2/c1-2-8-7-10(12)3-5-11(8,6-4-10)9(13)14/h8H,2-7,12H2,1H3,(H,13,14). The maximum Gasteiger partial charge on any atom is 0.309 e. The Morgan fingerprint density at radius 2 is 2.00 bits per heavy atom. The van der Waals surface area contributed by atoms with Gasteiger partial charge < -0.3 is 10.8 Å². The van der Waals surface area contributed by atoms with Gasteiger partial charge >= 0.3 is 5.97 Å². The number of nitrogens with two attached hydrogens (primary N) is 1. The summed E-state index contributed by atoms with van der Waals surface area (Å²) in [5.74, 6) is -0.293. The average Bonchev–Trinajstić information content (AvgIpc) is 2.17. The van der Waals surface area contributed by atoms with E-state index in [1.807, 2.05) is 0 Å². The quantitative estimate of drug-likeness (QED) is 0.709. The van der Waals surface area contributed by atoms with Gasteiger partial charge in [-0.25, -0.2) is 0 Å². The first-order valence-electron chi connectivity index (χ1n) is 5.55. The fraction of sp³-hybridized carbons (Fsp3) is 0.909. The van der Waals surface area contributed by atoms with Crippen molar-refractivity contribution >= 4 is 5.97 Å². The molecule has 3 saturated carbocycles. The maximum absolute atomic E-state index is 11.4. The van der Waals surface area contributed by atoms with E-state index in [-0.39, 0.29) is 5.54 Å². The van der Waals surface area contributed by atoms with Gasteiger partial charge in [0.15, 0.2) is 0 Å². The molecule has 3 aliphatic rings. The molecule has 0 saturated heterocycles. The highest BCUT2D eigenvalue weighted by atomic mass is 16.4. The Morgan fingerprint density at radius 3 is 2.43 bits per heavy atom. The van der Waals surface area contributed by atoms with E-state index in [2.05, 4.69) is 6.92 Å². The van der Waals surface area contributed by atoms with Gasteiger partial charge in [0, 0.05) is 5.54 Å². The minimum Gasteiger partial charge on any atom is -0.481 e. The summed E-state index contributed by atoms with van der Waals surface area (Å²) in [4.78, 5) is 11.4. The Balaban J connectivity index is 2.29. The SMILES string of the molecule is CCC1CC2(N)CCC1(C(=O)O)CC2. The van der Waals surface area contributed by atoms with Crippen LogP contribution in [0.5, 0.6) is 0 Å². The number of hydrogen-bond acceptors (Lipinski definition) is 2. The number of carbonyl (C=O) groups is 1. The van der Waals surface area contributed by atoms with Gasteiger partial charge in [-0.1, -0.05) is 13.3 Å². The molecule has 0 aromatic carbocycles. The summed E-state index contributed by atoms with van der Waals surface area (Å²) in [6.45, 7) is 2.08. The lowest BCUT2D eigenvalue weighted by Crippen LogP contribution is -2.58. The molecule has 14 heavy (non-hydrogen) atoms. The molecule has 0 aromatic rings. The highest BCUT2D eigenvalue weighted by Crippen LogP contribution is 2.55. The molecule has 1 atom stereocenters. The Labute approximate surface area is 84.7 Å². The maximum atomic E-state index is 11.4. The van der Waals surface area contributed by atoms with Crippen molar-refractivity contribution in [1.82, 2.24) is 0 Å². The third-order valence-electron chi connectivity index (χ3n) is 4.49. The normalized spacial score (nSPS) is 46.6. The van der Waals surface area contributed by atoms with Gasteiger partial charge in [0.2, 0.25) is 0 Å². The van der Waals surface area contributed by atoms with Gasteiger partial charge in [0.25, 0.3) is 0 Å². The third kappa shape index (κ3) is 1.18. The molecule has 0 amide bonds. The predicted molar refractivity (Wildman–Crippen MR) is 53.9 cm³/mol. The largest absolute Gasteiger partial charge is 0.481 e. The van der Waals surface area contributed by atoms with Gasteiger partial charge in [-0.05, 0) is 38.0 Å². The molecule has 0 aliphatic heterocycles. The molecule has 3 fully saturated rings. The summed E-state index contributed by atoms with van der Waals surface area (Å²) in [5.41, 5.74) is 5.75. The smallest absolute Gasteiger partial charge is 0.309 e. The van der Waals surface area contributed by atoms with Gasteiger partial charge in [0.05, 0.1) is 5.41 Å². The summed E-state index contributed by atoms with van der Waals surface area (Å²) >= 11 is 0. The predicted octanol–water partition coefficient (Wildman–Crippen LogP) is 1.76. The van der Waals surface area contributed by atoms with Crippen LogP contribution in [0.15, 0.2) is 0 Å². The van der Waals surface area contributed by atoms with Crippen LogP contribution in [-0.4, -0.2) is 16.6 Å². The van der Waals surface area contributed by atoms with Gasteiger partial charge in [-0.15, -0.1) is 0 Å². The molecule has 0 spiro atoms. The van der Waals surface area contributed by atoms with E-state index >= 15 is 0 Å². The molecule has 0 radical (unpaired) electrons. The molecule has 80 valence electrons. The Kier molecular flexibility index (Phi) is 2.11. The Hall–Kier alpha value is -0.570. The Morgan fingerprint density at radius 1 is 1.43 bits per heavy atom. The van der Waals surface area contributed by atoms with Crippen LogP contribution in [0, 0.1) is 11.3 Å². The van der Waals surface area contributed by atoms with Crippen molar-refractivity contribution in [3.63, 3.8) is 0 Å². The van der Waals surface area contributed by atoms with E-state index in [9.17, 15) is 9.90 Å². The monoisotopic (exact) mass is 197 g/mol. The number of fused-ring (bicyclic) bond motifs is 3. The minimum atomic E-state index is -0.592. The topological polar surface area (TPSA) is 63.3 Å². The summed E-state index contributed by atoms with van der Waals surface area (Å²) < 4.78 is 0. The van der Waals surface area contributed by atoms with Crippen LogP contribution in [0.25, 0.3) is 0 Å². The van der Waals surface area contributed by atoms with Crippen molar-refractivity contribution < 1.29 is 9.90 Å². The van der Waals surface area contributed by atoms with Crippen molar-refractivity contribution in [2.24, 2.45) is 17.1 Å². The summed E-state index contributed by atoms with van der Waals surface area (Å²) in [6.07, 6.45) is 5.24. The van der Waals surface area contributed by atoms with Crippen molar-refractivity contribution in [2.45, 2.75) is 51.0 Å². The van der Waals surface area contributed by atoms with Crippen molar-refractivity contribution in [1.29, 1.82) is 0 Å². The zero-order valence-corrected chi connectivity index (χ0v) is 8.75. The van der Waals surface area contributed by atoms with Crippen LogP contribution in [0.2, 0.25) is 0 Å². The third-order valence-corrected chi connectivity index (χ3v) is 4.49. The van der Waals surface area contributed by atoms with Crippen LogP contribution in [0.4, 0.5) is 0 Å². The van der Waals surface area contributed by atoms with E-state index in [0.717, 1.165) is 38.5 Å². The molecule has 2 bridgehead atoms. The fourth-order valence-electron chi connectivity index (χ4n) is 3.42. The zero-order chi connectivity index (χ0) is 10.4. The zero-order valence-electron chi connectivity index (χ0n) is 8.75. The van der Waals surface area contributed by atoms with Crippen molar-refractivity contribution in [3.8, 4) is 0 Å². The van der Waals surface area contributed by atoms with E-state index in [1.54, 1.807) is 0 Å². The van der Waals surface area contributed by atoms with E-state index in [1.165, 1.54) is 0 Å². The Bertz CT molecular complexity index is 254. The van der Waals surface area contributed by atoms with Crippen molar-refractivity contribution in [2.75, 3.05) is 0 Å². The molecular formula is C11H19NO2. The van der Waals surface area contributed by atoms with Crippen LogP contribution in [0.1, 0.15) is 45.4 Å². The van der Waals surface area contributed by atoms with Crippen LogP contribution >= 0.6 is 0 Å². The van der Waals surface area contributed by atoms with E-state index < -0.39 is 11.4 Å². The molecule has 3 aliphatic carbocycles. The fourth-order valence-corrected chi connectivity index (χ4v) is 3.42. The average molecular weight is 197 g/mol. The lowest BCUT2D eigenvalue weighted by molar-refractivity contribution is -0.163. The number of carboxylic acid groups (broad SMARTS) is 1. The second-order valence-electron chi connectivity index (χ2n) is 5.13. The number of aliphatic carboxylic acids is 1. The number of carboxylic acids is 1. The second kappa shape index (κ2) is 2.96. The van der Waals surface area contributed by atoms with Crippen molar-refractivity contribution in [3.05, 3.63) is 0 Å². The molecule has 3 rings (SSSR count). The minimum absolute atomic E-state index is 0.0438. The summed E-state index contributed by atoms with van der Waals surface area (Å²) in [7, 11) is 0. The summed E-state index contributed by atoms with van der Waals surface area (Å²) in [5, 5.41) is 9.36. The van der Waals surface area contributed by atoms with Crippen LogP contribution in [-0.2, 0) is 4.79 Å². The first kappa shape index (κ1) is 9.97. The van der Waals surface area contributed by atoms with Gasteiger partial charge in [-0.3, -0.25) is 4.79 Å². The molecule has 3 heteroatoms. The number of rotatable bonds is 2. The highest BCUT2D eigenvalue weighted by molar-refractivity contribution is 5.75. The molecule has 1 unspecified atom stereocenters. The van der Waals surface area contributed by atoms with E-state index in [4.69, 9.17) is 5.73 Å². The van der Waals surface area contributed by atoms with E-state index in [0.29, 0.717) is 5.92 Å². The molecule has 0 aromatic heterocycles. The van der Waals surface area contributed by atoms with Gasteiger partial charge in [-0.2, -0.15) is 0 Å². The lowest BCUT2D eigenvalue weighted by Gasteiger charge is -2.54. The molecule has 3 N–H and O–H groups in total. The first-order chi connectivity index (χ1) is 6.52. The number of hydrogen-bond donors (Lipinski definition) is 2. The second-order valence-corrected chi connectivity index (χ2v) is 5.13. The van der Waals surface area contributed by atoms with Crippen LogP contribution < -0.4 is 5.73 Å². The molecule has 3 nitrogen and oxygen atoms in total. The molecule has 0 heterocycles. The summed E-state index contributed by atoms with van der Waals surface area (Å²) in [6, 6.07) is 0. The first-order valence-corrected chi connectivity index (χ1v) is 5.55. The molecular weight excluding hydrogens is 178 g/mol.